The van der Waals surface area contributed by atoms with Gasteiger partial charge in [-0.05, 0) is 24.3 Å². The van der Waals surface area contributed by atoms with Gasteiger partial charge < -0.3 is 9.73 Å². The molecule has 1 unspecified atom stereocenters. The van der Waals surface area contributed by atoms with Gasteiger partial charge in [0.2, 0.25) is 5.89 Å². The molecule has 2 aromatic rings. The van der Waals surface area contributed by atoms with Gasteiger partial charge in [0.05, 0.1) is 18.8 Å². The third-order valence-corrected chi connectivity index (χ3v) is 3.78. The number of nitriles is 1. The normalized spacial score (nSPS) is 19.3. The van der Waals surface area contributed by atoms with Gasteiger partial charge in [-0.1, -0.05) is 11.6 Å². The topological polar surface area (TPSA) is 65.1 Å². The molecule has 21 heavy (non-hydrogen) atoms. The zero-order valence-electron chi connectivity index (χ0n) is 11.4. The molecule has 0 aliphatic carbocycles. The van der Waals surface area contributed by atoms with Crippen molar-refractivity contribution in [1.29, 1.82) is 5.26 Å². The number of piperazine rings is 1. The van der Waals surface area contributed by atoms with Crippen molar-refractivity contribution in [2.24, 2.45) is 0 Å². The number of hydrogen-bond acceptors (Lipinski definition) is 5. The summed E-state index contributed by atoms with van der Waals surface area (Å²) >= 11 is 5.88. The van der Waals surface area contributed by atoms with Crippen molar-refractivity contribution in [2.75, 3.05) is 19.6 Å². The van der Waals surface area contributed by atoms with E-state index in [0.717, 1.165) is 18.7 Å². The van der Waals surface area contributed by atoms with Crippen LogP contribution in [0.15, 0.2) is 34.9 Å². The molecule has 0 amide bonds. The quantitative estimate of drug-likeness (QED) is 0.942. The number of rotatable bonds is 3. The molecule has 1 aliphatic rings. The van der Waals surface area contributed by atoms with E-state index in [-0.39, 0.29) is 6.04 Å². The molecule has 0 radical (unpaired) electrons. The number of aromatic nitrogens is 1. The van der Waals surface area contributed by atoms with Gasteiger partial charge >= 0.3 is 0 Å². The monoisotopic (exact) mass is 302 g/mol. The maximum Gasteiger partial charge on any atom is 0.209 e. The highest BCUT2D eigenvalue weighted by atomic mass is 35.5. The van der Waals surface area contributed by atoms with Crippen LogP contribution in [0.4, 0.5) is 0 Å². The van der Waals surface area contributed by atoms with Crippen LogP contribution >= 0.6 is 11.6 Å². The number of nitrogens with one attached hydrogen (secondary N) is 1. The molecule has 1 atom stereocenters. The second kappa shape index (κ2) is 6.27. The summed E-state index contributed by atoms with van der Waals surface area (Å²) in [5, 5.41) is 13.1. The molecule has 1 saturated heterocycles. The molecule has 0 spiro atoms. The molecule has 1 aromatic heterocycles. The van der Waals surface area contributed by atoms with Gasteiger partial charge in [-0.3, -0.25) is 4.90 Å². The van der Waals surface area contributed by atoms with E-state index in [1.807, 2.05) is 24.3 Å². The minimum atomic E-state index is -0.135. The van der Waals surface area contributed by atoms with Crippen LogP contribution in [0, 0.1) is 11.3 Å². The Bertz CT molecular complexity index is 646. The lowest BCUT2D eigenvalue weighted by Gasteiger charge is -2.30. The Labute approximate surface area is 128 Å². The first-order valence-corrected chi connectivity index (χ1v) is 7.19. The summed E-state index contributed by atoms with van der Waals surface area (Å²) in [7, 11) is 0. The molecule has 0 bridgehead atoms. The fourth-order valence-corrected chi connectivity index (χ4v) is 2.49. The molecule has 3 rings (SSSR count). The average Bonchev–Trinajstić information content (AvgIpc) is 2.97. The van der Waals surface area contributed by atoms with Gasteiger partial charge in [0.15, 0.2) is 5.76 Å². The number of hydrogen-bond donors (Lipinski definition) is 1. The van der Waals surface area contributed by atoms with Crippen LogP contribution in [0.5, 0.6) is 0 Å². The Balaban J connectivity index is 1.73. The standard InChI is InChI=1S/C15H15ClN4O/c16-12-3-1-11(2-4-12)14-9-19-15(21-14)10-20-6-5-18-8-13(20)7-17/h1-4,9,13,18H,5-6,8,10H2. The van der Waals surface area contributed by atoms with Gasteiger partial charge in [-0.25, -0.2) is 4.98 Å². The Morgan fingerprint density at radius 2 is 2.24 bits per heavy atom. The lowest BCUT2D eigenvalue weighted by molar-refractivity contribution is 0.173. The van der Waals surface area contributed by atoms with Crippen molar-refractivity contribution in [3.05, 3.63) is 41.4 Å². The van der Waals surface area contributed by atoms with Gasteiger partial charge in [-0.2, -0.15) is 5.26 Å². The number of halogens is 1. The first-order chi connectivity index (χ1) is 10.3. The van der Waals surface area contributed by atoms with Crippen LogP contribution in [0.2, 0.25) is 5.02 Å². The molecule has 2 heterocycles. The van der Waals surface area contributed by atoms with Crippen LogP contribution < -0.4 is 5.32 Å². The summed E-state index contributed by atoms with van der Waals surface area (Å²) in [5.74, 6) is 1.34. The van der Waals surface area contributed by atoms with Crippen molar-refractivity contribution < 1.29 is 4.42 Å². The number of benzene rings is 1. The van der Waals surface area contributed by atoms with E-state index in [2.05, 4.69) is 21.3 Å². The second-order valence-electron chi connectivity index (χ2n) is 4.94. The van der Waals surface area contributed by atoms with Crippen molar-refractivity contribution in [1.82, 2.24) is 15.2 Å². The fraction of sp³-hybridized carbons (Fsp3) is 0.333. The van der Waals surface area contributed by atoms with E-state index in [4.69, 9.17) is 21.3 Å². The Kier molecular flexibility index (Phi) is 4.20. The van der Waals surface area contributed by atoms with E-state index in [1.54, 1.807) is 6.20 Å². The van der Waals surface area contributed by atoms with Crippen LogP contribution in [0.3, 0.4) is 0 Å². The SMILES string of the molecule is N#CC1CNCCN1Cc1ncc(-c2ccc(Cl)cc2)o1. The molecule has 5 nitrogen and oxygen atoms in total. The average molecular weight is 303 g/mol. The third kappa shape index (κ3) is 3.24. The van der Waals surface area contributed by atoms with Gasteiger partial charge in [0.1, 0.15) is 6.04 Å². The summed E-state index contributed by atoms with van der Waals surface area (Å²) in [6.07, 6.45) is 1.71. The van der Waals surface area contributed by atoms with Crippen molar-refractivity contribution in [3.8, 4) is 17.4 Å². The maximum absolute atomic E-state index is 9.15. The molecule has 1 aromatic carbocycles. The molecule has 108 valence electrons. The molecule has 1 fully saturated rings. The first-order valence-electron chi connectivity index (χ1n) is 6.81. The molecule has 6 heteroatoms. The van der Waals surface area contributed by atoms with Gasteiger partial charge in [-0.15, -0.1) is 0 Å². The lowest BCUT2D eigenvalue weighted by atomic mass is 10.2. The molecular formula is C15H15ClN4O. The third-order valence-electron chi connectivity index (χ3n) is 3.52. The molecule has 1 N–H and O–H groups in total. The van der Waals surface area contributed by atoms with E-state index in [9.17, 15) is 0 Å². The highest BCUT2D eigenvalue weighted by Gasteiger charge is 2.23. The van der Waals surface area contributed by atoms with E-state index < -0.39 is 0 Å². The highest BCUT2D eigenvalue weighted by Crippen LogP contribution is 2.23. The van der Waals surface area contributed by atoms with Crippen molar-refractivity contribution in [2.45, 2.75) is 12.6 Å². The zero-order valence-corrected chi connectivity index (χ0v) is 12.2. The lowest BCUT2D eigenvalue weighted by Crippen LogP contribution is -2.50. The first kappa shape index (κ1) is 14.1. The summed E-state index contributed by atoms with van der Waals surface area (Å²) in [4.78, 5) is 6.38. The molecular weight excluding hydrogens is 288 g/mol. The van der Waals surface area contributed by atoms with Gasteiger partial charge in [0, 0.05) is 30.2 Å². The van der Waals surface area contributed by atoms with Crippen LogP contribution in [-0.2, 0) is 6.54 Å². The minimum absolute atomic E-state index is 0.135. The van der Waals surface area contributed by atoms with Crippen molar-refractivity contribution >= 4 is 11.6 Å². The maximum atomic E-state index is 9.15. The summed E-state index contributed by atoms with van der Waals surface area (Å²) < 4.78 is 5.78. The van der Waals surface area contributed by atoms with Crippen LogP contribution in [0.25, 0.3) is 11.3 Å². The summed E-state index contributed by atoms with van der Waals surface area (Å²) in [6, 6.07) is 9.60. The molecule has 1 aliphatic heterocycles. The smallest absolute Gasteiger partial charge is 0.209 e. The summed E-state index contributed by atoms with van der Waals surface area (Å²) in [6.45, 7) is 2.93. The number of nitrogens with zero attached hydrogens (tertiary/aromatic N) is 3. The summed E-state index contributed by atoms with van der Waals surface area (Å²) in [5.41, 5.74) is 0.940. The van der Waals surface area contributed by atoms with E-state index in [1.165, 1.54) is 0 Å². The largest absolute Gasteiger partial charge is 0.439 e. The Morgan fingerprint density at radius 1 is 1.43 bits per heavy atom. The Morgan fingerprint density at radius 3 is 3.00 bits per heavy atom. The minimum Gasteiger partial charge on any atom is -0.439 e. The van der Waals surface area contributed by atoms with Crippen molar-refractivity contribution in [3.63, 3.8) is 0 Å². The van der Waals surface area contributed by atoms with Crippen LogP contribution in [0.1, 0.15) is 5.89 Å². The van der Waals surface area contributed by atoms with Crippen LogP contribution in [-0.4, -0.2) is 35.6 Å². The fourth-order valence-electron chi connectivity index (χ4n) is 2.37. The number of oxazole rings is 1. The van der Waals surface area contributed by atoms with Gasteiger partial charge in [0.25, 0.3) is 0 Å². The predicted octanol–water partition coefficient (Wildman–Crippen LogP) is 2.29. The highest BCUT2D eigenvalue weighted by molar-refractivity contribution is 6.30. The predicted molar refractivity (Wildman–Crippen MR) is 79.6 cm³/mol. The zero-order chi connectivity index (χ0) is 14.7. The Hall–Kier alpha value is -1.87. The second-order valence-corrected chi connectivity index (χ2v) is 5.38. The molecule has 0 saturated carbocycles. The van der Waals surface area contributed by atoms with E-state index >= 15 is 0 Å². The van der Waals surface area contributed by atoms with E-state index in [0.29, 0.717) is 29.8 Å².